The molecule has 0 saturated heterocycles. The molecule has 0 bridgehead atoms. The third kappa shape index (κ3) is 10.4. The second-order valence-corrected chi connectivity index (χ2v) is 11.2. The summed E-state index contributed by atoms with van der Waals surface area (Å²) in [5, 5.41) is 13.6. The highest BCUT2D eigenvalue weighted by atomic mass is 32.2. The minimum absolute atomic E-state index is 0.0456. The molecule has 0 radical (unpaired) electrons. The molecule has 0 aromatic heterocycles. The van der Waals surface area contributed by atoms with Crippen LogP contribution in [0.2, 0.25) is 0 Å². The summed E-state index contributed by atoms with van der Waals surface area (Å²) in [5.41, 5.74) is 0.836. The van der Waals surface area contributed by atoms with Crippen molar-refractivity contribution in [1.82, 2.24) is 10.0 Å². The van der Waals surface area contributed by atoms with E-state index in [0.717, 1.165) is 0 Å². The molecule has 0 unspecified atom stereocenters. The number of anilines is 1. The molecule has 11 heteroatoms. The molecule has 0 aliphatic heterocycles. The SMILES string of the molecule is CCCCS(=O)(=O)N[C@@H](Cc1ccc(NC(=O)NC(=O)c2ccc(C#N)cc2)cc1)C(=O)OC(C)(C)C. The molecule has 1 atom stereocenters. The lowest BCUT2D eigenvalue weighted by molar-refractivity contribution is -0.156. The molecule has 3 N–H and O–H groups in total. The zero-order valence-electron chi connectivity index (χ0n) is 21.3. The molecule has 10 nitrogen and oxygen atoms in total. The second-order valence-electron chi connectivity index (χ2n) is 9.37. The number of amides is 3. The van der Waals surface area contributed by atoms with Gasteiger partial charge in [0, 0.05) is 11.3 Å². The molecule has 0 fully saturated rings. The quantitative estimate of drug-likeness (QED) is 0.399. The number of ether oxygens (including phenoxy) is 1. The number of carbonyl (C=O) groups excluding carboxylic acids is 3. The van der Waals surface area contributed by atoms with Crippen LogP contribution >= 0.6 is 0 Å². The Morgan fingerprint density at radius 1 is 1.03 bits per heavy atom. The largest absolute Gasteiger partial charge is 0.459 e. The molecule has 0 heterocycles. The Morgan fingerprint density at radius 3 is 2.19 bits per heavy atom. The molecule has 0 aliphatic carbocycles. The van der Waals surface area contributed by atoms with Crippen LogP contribution in [0.3, 0.4) is 0 Å². The number of nitrogens with zero attached hydrogens (tertiary/aromatic N) is 1. The van der Waals surface area contributed by atoms with Crippen LogP contribution in [0, 0.1) is 11.3 Å². The normalized spacial score (nSPS) is 12.2. The van der Waals surface area contributed by atoms with Crippen molar-refractivity contribution in [2.45, 2.75) is 58.6 Å². The van der Waals surface area contributed by atoms with Crippen molar-refractivity contribution in [3.05, 3.63) is 65.2 Å². The van der Waals surface area contributed by atoms with E-state index in [1.54, 1.807) is 45.0 Å². The monoisotopic (exact) mass is 528 g/mol. The summed E-state index contributed by atoms with van der Waals surface area (Å²) in [6.07, 6.45) is 1.20. The first kappa shape index (κ1) is 29.5. The molecule has 198 valence electrons. The average molecular weight is 529 g/mol. The van der Waals surface area contributed by atoms with E-state index >= 15 is 0 Å². The minimum Gasteiger partial charge on any atom is -0.459 e. The van der Waals surface area contributed by atoms with E-state index < -0.39 is 39.6 Å². The van der Waals surface area contributed by atoms with Crippen molar-refractivity contribution >= 4 is 33.6 Å². The summed E-state index contributed by atoms with van der Waals surface area (Å²) in [6, 6.07) is 12.3. The fourth-order valence-corrected chi connectivity index (χ4v) is 4.55. The van der Waals surface area contributed by atoms with E-state index in [-0.39, 0.29) is 17.7 Å². The molecule has 0 aliphatic rings. The van der Waals surface area contributed by atoms with Gasteiger partial charge in [-0.05, 0) is 75.6 Å². The highest BCUT2D eigenvalue weighted by Gasteiger charge is 2.29. The van der Waals surface area contributed by atoms with Crippen LogP contribution in [0.25, 0.3) is 0 Å². The van der Waals surface area contributed by atoms with Crippen molar-refractivity contribution in [3.63, 3.8) is 0 Å². The van der Waals surface area contributed by atoms with Gasteiger partial charge in [0.1, 0.15) is 11.6 Å². The highest BCUT2D eigenvalue weighted by molar-refractivity contribution is 7.89. The molecule has 3 amide bonds. The number of sulfonamides is 1. The van der Waals surface area contributed by atoms with Crippen LogP contribution in [-0.4, -0.2) is 43.7 Å². The summed E-state index contributed by atoms with van der Waals surface area (Å²) in [5.74, 6) is -1.41. The van der Waals surface area contributed by atoms with E-state index in [9.17, 15) is 22.8 Å². The van der Waals surface area contributed by atoms with E-state index in [1.807, 2.05) is 13.0 Å². The topological polar surface area (TPSA) is 154 Å². The van der Waals surface area contributed by atoms with E-state index in [2.05, 4.69) is 15.4 Å². The number of benzene rings is 2. The number of nitriles is 1. The van der Waals surface area contributed by atoms with Gasteiger partial charge in [-0.25, -0.2) is 17.9 Å². The fraction of sp³-hybridized carbons (Fsp3) is 0.385. The lowest BCUT2D eigenvalue weighted by Crippen LogP contribution is -2.46. The highest BCUT2D eigenvalue weighted by Crippen LogP contribution is 2.15. The number of hydrogen-bond donors (Lipinski definition) is 3. The maximum atomic E-state index is 12.7. The molecule has 2 aromatic carbocycles. The van der Waals surface area contributed by atoms with Gasteiger partial charge in [0.2, 0.25) is 10.0 Å². The Kier molecular flexibility index (Phi) is 10.3. The zero-order chi connectivity index (χ0) is 27.6. The summed E-state index contributed by atoms with van der Waals surface area (Å²) >= 11 is 0. The second kappa shape index (κ2) is 13.0. The third-order valence-electron chi connectivity index (χ3n) is 4.93. The van der Waals surface area contributed by atoms with Crippen molar-refractivity contribution in [2.75, 3.05) is 11.1 Å². The Morgan fingerprint density at radius 2 is 1.65 bits per heavy atom. The third-order valence-corrected chi connectivity index (χ3v) is 6.40. The van der Waals surface area contributed by atoms with Crippen LogP contribution in [0.15, 0.2) is 48.5 Å². The van der Waals surface area contributed by atoms with E-state index in [0.29, 0.717) is 29.7 Å². The fourth-order valence-electron chi connectivity index (χ4n) is 3.15. The lowest BCUT2D eigenvalue weighted by atomic mass is 10.1. The maximum Gasteiger partial charge on any atom is 0.326 e. The summed E-state index contributed by atoms with van der Waals surface area (Å²) in [6.45, 7) is 6.97. The Bertz CT molecular complexity index is 1240. The lowest BCUT2D eigenvalue weighted by Gasteiger charge is -2.24. The molecule has 37 heavy (non-hydrogen) atoms. The van der Waals surface area contributed by atoms with Crippen molar-refractivity contribution in [1.29, 1.82) is 5.26 Å². The molecule has 2 rings (SSSR count). The minimum atomic E-state index is -3.69. The molecule has 0 saturated carbocycles. The number of rotatable bonds is 10. The van der Waals surface area contributed by atoms with Crippen molar-refractivity contribution < 1.29 is 27.5 Å². The maximum absolute atomic E-state index is 12.7. The van der Waals surface area contributed by atoms with Crippen molar-refractivity contribution in [3.8, 4) is 6.07 Å². The van der Waals surface area contributed by atoms with Crippen LogP contribution in [0.1, 0.15) is 62.0 Å². The summed E-state index contributed by atoms with van der Waals surface area (Å²) < 4.78 is 32.7. The average Bonchev–Trinajstić information content (AvgIpc) is 2.82. The van der Waals surface area contributed by atoms with E-state index in [1.165, 1.54) is 24.3 Å². The number of imide groups is 1. The van der Waals surface area contributed by atoms with Gasteiger partial charge in [0.15, 0.2) is 0 Å². The van der Waals surface area contributed by atoms with Gasteiger partial charge in [-0.3, -0.25) is 14.9 Å². The first-order chi connectivity index (χ1) is 17.3. The Hall–Kier alpha value is -3.75. The van der Waals surface area contributed by atoms with Crippen LogP contribution < -0.4 is 15.4 Å². The summed E-state index contributed by atoms with van der Waals surface area (Å²) in [4.78, 5) is 37.1. The number of nitrogens with one attached hydrogen (secondary N) is 3. The first-order valence-corrected chi connectivity index (χ1v) is 13.4. The smallest absolute Gasteiger partial charge is 0.326 e. The molecular formula is C26H32N4O6S. The summed E-state index contributed by atoms with van der Waals surface area (Å²) in [7, 11) is -3.69. The number of urea groups is 1. The number of unbranched alkanes of at least 4 members (excludes halogenated alkanes) is 1. The number of carbonyl (C=O) groups is 3. The number of esters is 1. The van der Waals surface area contributed by atoms with Crippen LogP contribution in [0.5, 0.6) is 0 Å². The van der Waals surface area contributed by atoms with Gasteiger partial charge in [0.25, 0.3) is 5.91 Å². The Balaban J connectivity index is 2.05. The van der Waals surface area contributed by atoms with Crippen LogP contribution in [0.4, 0.5) is 10.5 Å². The predicted octanol–water partition coefficient (Wildman–Crippen LogP) is 3.49. The molecule has 2 aromatic rings. The molecule has 0 spiro atoms. The van der Waals surface area contributed by atoms with Gasteiger partial charge < -0.3 is 10.1 Å². The standard InChI is InChI=1S/C26H32N4O6S/c1-5-6-15-37(34,35)30-22(24(32)36-26(2,3)4)16-18-9-13-21(14-10-18)28-25(33)29-23(31)20-11-7-19(17-27)8-12-20/h7-14,22,30H,5-6,15-16H2,1-4H3,(H2,28,29,31,33)/t22-/m0/s1. The van der Waals surface area contributed by atoms with Crippen molar-refractivity contribution in [2.24, 2.45) is 0 Å². The first-order valence-electron chi connectivity index (χ1n) is 11.8. The zero-order valence-corrected chi connectivity index (χ0v) is 22.1. The van der Waals surface area contributed by atoms with E-state index in [4.69, 9.17) is 10.00 Å². The van der Waals surface area contributed by atoms with Gasteiger partial charge in [0.05, 0.1) is 17.4 Å². The van der Waals surface area contributed by atoms with Gasteiger partial charge >= 0.3 is 12.0 Å². The molecular weight excluding hydrogens is 496 g/mol. The van der Waals surface area contributed by atoms with Gasteiger partial charge in [-0.15, -0.1) is 0 Å². The predicted molar refractivity (Wildman–Crippen MR) is 139 cm³/mol. The number of hydrogen-bond acceptors (Lipinski definition) is 7. The van der Waals surface area contributed by atoms with Crippen LogP contribution in [-0.2, 0) is 26.0 Å². The van der Waals surface area contributed by atoms with Gasteiger partial charge in [-0.2, -0.15) is 5.26 Å². The Labute approximate surface area is 217 Å². The van der Waals surface area contributed by atoms with Gasteiger partial charge in [-0.1, -0.05) is 25.5 Å².